The molecular weight excluding hydrogens is 354 g/mol. The molecule has 0 spiro atoms. The Labute approximate surface area is 154 Å². The number of nitrogens with zero attached hydrogens (tertiary/aromatic N) is 2. The van der Waals surface area contributed by atoms with Crippen molar-refractivity contribution in [3.8, 4) is 0 Å². The zero-order valence-corrected chi connectivity index (χ0v) is 14.6. The molecule has 0 bridgehead atoms. The predicted molar refractivity (Wildman–Crippen MR) is 97.5 cm³/mol. The lowest BCUT2D eigenvalue weighted by Gasteiger charge is -2.11. The lowest BCUT2D eigenvalue weighted by atomic mass is 10.2. The summed E-state index contributed by atoms with van der Waals surface area (Å²) in [4.78, 5) is 20.0. The predicted octanol–water partition coefficient (Wildman–Crippen LogP) is 4.34. The smallest absolute Gasteiger partial charge is 0.337 e. The van der Waals surface area contributed by atoms with Crippen molar-refractivity contribution in [1.82, 2.24) is 9.97 Å². The molecule has 3 aromatic rings. The standard InChI is InChI=1S/C19H16F2N4O2/c1-11-22-17(24-13-5-3-12(4-6-13)19(26)27-2)10-18(23-11)25-14-7-8-15(20)16(21)9-14/h3-10H,1-2H3,(H2,22,23,24,25). The van der Waals surface area contributed by atoms with E-state index in [1.165, 1.54) is 13.2 Å². The highest BCUT2D eigenvalue weighted by atomic mass is 19.2. The molecule has 0 radical (unpaired) electrons. The molecule has 0 saturated carbocycles. The van der Waals surface area contributed by atoms with E-state index in [0.29, 0.717) is 34.4 Å². The third-order valence-electron chi connectivity index (χ3n) is 3.61. The molecule has 0 atom stereocenters. The molecule has 2 N–H and O–H groups in total. The Hall–Kier alpha value is -3.55. The summed E-state index contributed by atoms with van der Waals surface area (Å²) < 4.78 is 31.1. The summed E-state index contributed by atoms with van der Waals surface area (Å²) >= 11 is 0. The molecule has 0 unspecified atom stereocenters. The molecule has 1 aromatic heterocycles. The number of esters is 1. The summed E-state index contributed by atoms with van der Waals surface area (Å²) in [7, 11) is 1.32. The lowest BCUT2D eigenvalue weighted by molar-refractivity contribution is 0.0601. The first-order valence-electron chi connectivity index (χ1n) is 7.98. The summed E-state index contributed by atoms with van der Waals surface area (Å²) in [6.45, 7) is 1.71. The number of benzene rings is 2. The number of aromatic nitrogens is 2. The SMILES string of the molecule is COC(=O)c1ccc(Nc2cc(Nc3ccc(F)c(F)c3)nc(C)n2)cc1. The van der Waals surface area contributed by atoms with Crippen LogP contribution in [-0.4, -0.2) is 23.0 Å². The van der Waals surface area contributed by atoms with Crippen LogP contribution in [0.25, 0.3) is 0 Å². The van der Waals surface area contributed by atoms with Gasteiger partial charge in [-0.2, -0.15) is 0 Å². The lowest BCUT2D eigenvalue weighted by Crippen LogP contribution is -2.03. The number of carbonyl (C=O) groups excluding carboxylic acids is 1. The maximum Gasteiger partial charge on any atom is 0.337 e. The second-order valence-corrected chi connectivity index (χ2v) is 5.63. The fraction of sp³-hybridized carbons (Fsp3) is 0.105. The molecule has 0 amide bonds. The first-order valence-corrected chi connectivity index (χ1v) is 7.98. The average molecular weight is 370 g/mol. The third-order valence-corrected chi connectivity index (χ3v) is 3.61. The van der Waals surface area contributed by atoms with E-state index in [1.54, 1.807) is 37.3 Å². The molecule has 0 aliphatic heterocycles. The van der Waals surface area contributed by atoms with Gasteiger partial charge in [-0.25, -0.2) is 23.5 Å². The van der Waals surface area contributed by atoms with Gasteiger partial charge in [0.05, 0.1) is 12.7 Å². The van der Waals surface area contributed by atoms with Gasteiger partial charge in [0.25, 0.3) is 0 Å². The van der Waals surface area contributed by atoms with Gasteiger partial charge >= 0.3 is 5.97 Å². The Morgan fingerprint density at radius 3 is 2.07 bits per heavy atom. The number of halogens is 2. The van der Waals surface area contributed by atoms with Crippen molar-refractivity contribution in [2.45, 2.75) is 6.92 Å². The zero-order valence-electron chi connectivity index (χ0n) is 14.6. The fourth-order valence-electron chi connectivity index (χ4n) is 2.37. The monoisotopic (exact) mass is 370 g/mol. The molecule has 2 aromatic carbocycles. The van der Waals surface area contributed by atoms with E-state index < -0.39 is 17.6 Å². The number of hydrogen-bond acceptors (Lipinski definition) is 6. The number of carbonyl (C=O) groups is 1. The normalized spacial score (nSPS) is 10.4. The van der Waals surface area contributed by atoms with E-state index in [2.05, 4.69) is 25.3 Å². The second-order valence-electron chi connectivity index (χ2n) is 5.63. The molecule has 138 valence electrons. The van der Waals surface area contributed by atoms with Crippen LogP contribution in [0, 0.1) is 18.6 Å². The molecule has 0 saturated heterocycles. The van der Waals surface area contributed by atoms with Crippen LogP contribution in [0.3, 0.4) is 0 Å². The van der Waals surface area contributed by atoms with E-state index in [-0.39, 0.29) is 0 Å². The van der Waals surface area contributed by atoms with Gasteiger partial charge in [0, 0.05) is 23.5 Å². The van der Waals surface area contributed by atoms with Crippen LogP contribution in [0.2, 0.25) is 0 Å². The maximum atomic E-state index is 13.4. The molecule has 27 heavy (non-hydrogen) atoms. The summed E-state index contributed by atoms with van der Waals surface area (Å²) in [6, 6.07) is 11.8. The van der Waals surface area contributed by atoms with Crippen molar-refractivity contribution in [3.63, 3.8) is 0 Å². The highest BCUT2D eigenvalue weighted by Gasteiger charge is 2.08. The summed E-state index contributed by atoms with van der Waals surface area (Å²) in [5, 5.41) is 6.01. The topological polar surface area (TPSA) is 76.1 Å². The van der Waals surface area contributed by atoms with Crippen LogP contribution in [-0.2, 0) is 4.74 Å². The highest BCUT2D eigenvalue weighted by molar-refractivity contribution is 5.89. The van der Waals surface area contributed by atoms with Crippen LogP contribution in [0.1, 0.15) is 16.2 Å². The van der Waals surface area contributed by atoms with Crippen molar-refractivity contribution < 1.29 is 18.3 Å². The largest absolute Gasteiger partial charge is 0.465 e. The van der Waals surface area contributed by atoms with Gasteiger partial charge in [-0.1, -0.05) is 0 Å². The van der Waals surface area contributed by atoms with Gasteiger partial charge in [-0.05, 0) is 43.3 Å². The molecule has 0 fully saturated rings. The molecule has 8 heteroatoms. The minimum atomic E-state index is -0.949. The Morgan fingerprint density at radius 2 is 1.48 bits per heavy atom. The summed E-state index contributed by atoms with van der Waals surface area (Å²) in [5.74, 6) is -0.888. The number of hydrogen-bond donors (Lipinski definition) is 2. The van der Waals surface area contributed by atoms with Gasteiger partial charge in [-0.15, -0.1) is 0 Å². The molecule has 1 heterocycles. The quantitative estimate of drug-likeness (QED) is 0.651. The van der Waals surface area contributed by atoms with Crippen molar-refractivity contribution >= 4 is 29.0 Å². The third kappa shape index (κ3) is 4.55. The molecule has 0 aliphatic rings. The van der Waals surface area contributed by atoms with Crippen molar-refractivity contribution in [1.29, 1.82) is 0 Å². The second kappa shape index (κ2) is 7.77. The van der Waals surface area contributed by atoms with Crippen LogP contribution >= 0.6 is 0 Å². The number of aryl methyl sites for hydroxylation is 1. The van der Waals surface area contributed by atoms with Crippen molar-refractivity contribution in [3.05, 3.63) is 71.6 Å². The minimum absolute atomic E-state index is 0.361. The van der Waals surface area contributed by atoms with Crippen LogP contribution < -0.4 is 10.6 Å². The van der Waals surface area contributed by atoms with E-state index in [9.17, 15) is 13.6 Å². The first-order chi connectivity index (χ1) is 12.9. The maximum absolute atomic E-state index is 13.4. The van der Waals surface area contributed by atoms with E-state index in [4.69, 9.17) is 0 Å². The molecule has 0 aliphatic carbocycles. The van der Waals surface area contributed by atoms with Crippen LogP contribution in [0.5, 0.6) is 0 Å². The number of anilines is 4. The zero-order chi connectivity index (χ0) is 19.4. The van der Waals surface area contributed by atoms with Crippen LogP contribution in [0.4, 0.5) is 31.8 Å². The molecule has 6 nitrogen and oxygen atoms in total. The van der Waals surface area contributed by atoms with Crippen LogP contribution in [0.15, 0.2) is 48.5 Å². The van der Waals surface area contributed by atoms with Gasteiger partial charge in [0.1, 0.15) is 17.5 Å². The fourth-order valence-corrected chi connectivity index (χ4v) is 2.37. The average Bonchev–Trinajstić information content (AvgIpc) is 2.64. The molecular formula is C19H16F2N4O2. The van der Waals surface area contributed by atoms with Gasteiger partial charge in [0.2, 0.25) is 0 Å². The van der Waals surface area contributed by atoms with Crippen molar-refractivity contribution in [2.75, 3.05) is 17.7 Å². The van der Waals surface area contributed by atoms with Gasteiger partial charge in [-0.3, -0.25) is 0 Å². The number of nitrogens with one attached hydrogen (secondary N) is 2. The Balaban J connectivity index is 1.78. The molecule has 3 rings (SSSR count). The van der Waals surface area contributed by atoms with E-state index >= 15 is 0 Å². The Morgan fingerprint density at radius 1 is 0.889 bits per heavy atom. The van der Waals surface area contributed by atoms with Gasteiger partial charge in [0.15, 0.2) is 11.6 Å². The first kappa shape index (κ1) is 18.2. The Bertz CT molecular complexity index is 978. The number of methoxy groups -OCH3 is 1. The summed E-state index contributed by atoms with van der Waals surface area (Å²) in [5.41, 5.74) is 1.50. The van der Waals surface area contributed by atoms with E-state index in [0.717, 1.165) is 12.1 Å². The number of ether oxygens (including phenoxy) is 1. The minimum Gasteiger partial charge on any atom is -0.465 e. The highest BCUT2D eigenvalue weighted by Crippen LogP contribution is 2.22. The van der Waals surface area contributed by atoms with Gasteiger partial charge < -0.3 is 15.4 Å². The number of rotatable bonds is 5. The van der Waals surface area contributed by atoms with Crippen molar-refractivity contribution in [2.24, 2.45) is 0 Å². The summed E-state index contributed by atoms with van der Waals surface area (Å²) in [6.07, 6.45) is 0. The Kier molecular flexibility index (Phi) is 5.25. The van der Waals surface area contributed by atoms with E-state index in [1.807, 2.05) is 0 Å².